The van der Waals surface area contributed by atoms with Crippen molar-refractivity contribution in [3.8, 4) is 0 Å². The third-order valence-electron chi connectivity index (χ3n) is 4.24. The number of aryl methyl sites for hydroxylation is 1. The van der Waals surface area contributed by atoms with Crippen LogP contribution in [0, 0.1) is 0 Å². The van der Waals surface area contributed by atoms with E-state index in [1.165, 1.54) is 16.0 Å². The van der Waals surface area contributed by atoms with Crippen molar-refractivity contribution < 1.29 is 0 Å². The number of fused-ring (bicyclic) bond motifs is 1. The van der Waals surface area contributed by atoms with Crippen LogP contribution in [-0.2, 0) is 20.1 Å². The summed E-state index contributed by atoms with van der Waals surface area (Å²) in [6.07, 6.45) is 1.07. The lowest BCUT2D eigenvalue weighted by Crippen LogP contribution is -2.48. The van der Waals surface area contributed by atoms with Crippen LogP contribution >= 0.6 is 0 Å². The molecule has 0 aliphatic carbocycles. The Morgan fingerprint density at radius 2 is 2.14 bits per heavy atom. The van der Waals surface area contributed by atoms with Crippen LogP contribution in [0.15, 0.2) is 24.3 Å². The molecule has 1 atom stereocenters. The zero-order valence-corrected chi connectivity index (χ0v) is 12.9. The summed E-state index contributed by atoms with van der Waals surface area (Å²) >= 11 is 0. The third-order valence-corrected chi connectivity index (χ3v) is 4.24. The van der Waals surface area contributed by atoms with E-state index in [1.54, 1.807) is 7.05 Å². The van der Waals surface area contributed by atoms with Gasteiger partial charge in [-0.15, -0.1) is 10.2 Å². The fourth-order valence-corrected chi connectivity index (χ4v) is 2.77. The van der Waals surface area contributed by atoms with Crippen molar-refractivity contribution in [2.24, 2.45) is 7.05 Å². The molecule has 0 spiro atoms. The maximum Gasteiger partial charge on any atom is 0.193 e. The summed E-state index contributed by atoms with van der Waals surface area (Å²) in [6, 6.07) is 8.54. The maximum absolute atomic E-state index is 4.31. The fourth-order valence-electron chi connectivity index (χ4n) is 2.77. The summed E-state index contributed by atoms with van der Waals surface area (Å²) in [7, 11) is 1.80. The van der Waals surface area contributed by atoms with Crippen LogP contribution in [0.1, 0.15) is 31.7 Å². The summed E-state index contributed by atoms with van der Waals surface area (Å²) in [5, 5.41) is 16.1. The molecule has 1 aromatic heterocycles. The monoisotopic (exact) mass is 286 g/mol. The predicted molar refractivity (Wildman–Crippen MR) is 81.8 cm³/mol. The number of rotatable bonds is 3. The van der Waals surface area contributed by atoms with Gasteiger partial charge in [0.05, 0.1) is 13.6 Å². The molecular formula is C15H22N6. The van der Waals surface area contributed by atoms with Gasteiger partial charge in [0.25, 0.3) is 0 Å². The van der Waals surface area contributed by atoms with Gasteiger partial charge in [-0.2, -0.15) is 4.80 Å². The number of aromatic nitrogens is 4. The topological polar surface area (TPSA) is 58.9 Å². The van der Waals surface area contributed by atoms with E-state index >= 15 is 0 Å². The molecule has 1 N–H and O–H groups in total. The number of hydrogen-bond donors (Lipinski definition) is 1. The molecule has 2 aromatic rings. The molecule has 0 saturated carbocycles. The Morgan fingerprint density at radius 3 is 2.86 bits per heavy atom. The highest BCUT2D eigenvalue weighted by Gasteiger charge is 2.29. The van der Waals surface area contributed by atoms with Crippen LogP contribution in [0.2, 0.25) is 0 Å². The minimum atomic E-state index is 0.0846. The maximum atomic E-state index is 4.31. The standard InChI is InChI=1S/C15H22N6/c1-4-15(2)11-21(10-14-17-19-20(3)18-14)13-8-6-5-7-12(13)9-16-15/h5-8,16H,4,9-11H2,1-3H3. The normalized spacial score (nSPS) is 22.0. The molecule has 0 saturated heterocycles. The van der Waals surface area contributed by atoms with E-state index in [1.807, 2.05) is 0 Å². The molecule has 6 nitrogen and oxygen atoms in total. The minimum Gasteiger partial charge on any atom is -0.362 e. The molecule has 1 aliphatic rings. The summed E-state index contributed by atoms with van der Waals surface area (Å²) < 4.78 is 0. The summed E-state index contributed by atoms with van der Waals surface area (Å²) in [5.41, 5.74) is 2.66. The van der Waals surface area contributed by atoms with Gasteiger partial charge in [0.15, 0.2) is 5.82 Å². The van der Waals surface area contributed by atoms with Gasteiger partial charge in [0, 0.05) is 24.3 Å². The molecule has 1 aromatic carbocycles. The van der Waals surface area contributed by atoms with Crippen molar-refractivity contribution >= 4 is 5.69 Å². The second-order valence-electron chi connectivity index (χ2n) is 5.95. The first-order valence-corrected chi connectivity index (χ1v) is 7.40. The number of benzene rings is 1. The van der Waals surface area contributed by atoms with Gasteiger partial charge in [-0.3, -0.25) is 0 Å². The average molecular weight is 286 g/mol. The van der Waals surface area contributed by atoms with Gasteiger partial charge in [-0.25, -0.2) is 0 Å². The minimum absolute atomic E-state index is 0.0846. The Kier molecular flexibility index (Phi) is 3.63. The highest BCUT2D eigenvalue weighted by molar-refractivity contribution is 5.55. The van der Waals surface area contributed by atoms with Gasteiger partial charge in [0.1, 0.15) is 0 Å². The van der Waals surface area contributed by atoms with Crippen molar-refractivity contribution in [2.75, 3.05) is 11.4 Å². The van der Waals surface area contributed by atoms with Crippen molar-refractivity contribution in [3.63, 3.8) is 0 Å². The molecule has 112 valence electrons. The third kappa shape index (κ3) is 2.90. The zero-order valence-electron chi connectivity index (χ0n) is 12.9. The molecule has 6 heteroatoms. The number of anilines is 1. The summed E-state index contributed by atoms with van der Waals surface area (Å²) in [5.74, 6) is 0.757. The molecule has 21 heavy (non-hydrogen) atoms. The second-order valence-corrected chi connectivity index (χ2v) is 5.95. The number of nitrogens with zero attached hydrogens (tertiary/aromatic N) is 5. The van der Waals surface area contributed by atoms with Gasteiger partial charge in [-0.05, 0) is 30.2 Å². The van der Waals surface area contributed by atoms with E-state index in [9.17, 15) is 0 Å². The Balaban J connectivity index is 1.93. The first kappa shape index (κ1) is 14.0. The van der Waals surface area contributed by atoms with Crippen molar-refractivity contribution in [2.45, 2.75) is 38.9 Å². The van der Waals surface area contributed by atoms with Gasteiger partial charge in [-0.1, -0.05) is 25.1 Å². The molecule has 1 unspecified atom stereocenters. The molecule has 3 rings (SSSR count). The van der Waals surface area contributed by atoms with Crippen LogP contribution in [0.5, 0.6) is 0 Å². The molecule has 0 bridgehead atoms. The van der Waals surface area contributed by atoms with Crippen LogP contribution < -0.4 is 10.2 Å². The van der Waals surface area contributed by atoms with E-state index in [4.69, 9.17) is 0 Å². The molecule has 2 heterocycles. The van der Waals surface area contributed by atoms with Gasteiger partial charge in [0.2, 0.25) is 0 Å². The van der Waals surface area contributed by atoms with Gasteiger partial charge >= 0.3 is 0 Å². The Labute approximate surface area is 125 Å². The van der Waals surface area contributed by atoms with Gasteiger partial charge < -0.3 is 10.2 Å². The highest BCUT2D eigenvalue weighted by atomic mass is 15.6. The van der Waals surface area contributed by atoms with E-state index in [0.29, 0.717) is 6.54 Å². The first-order chi connectivity index (χ1) is 10.1. The lowest BCUT2D eigenvalue weighted by atomic mass is 9.98. The van der Waals surface area contributed by atoms with Crippen LogP contribution in [0.4, 0.5) is 5.69 Å². The van der Waals surface area contributed by atoms with Crippen LogP contribution in [-0.4, -0.2) is 32.3 Å². The Bertz CT molecular complexity index is 622. The molecular weight excluding hydrogens is 264 g/mol. The van der Waals surface area contributed by atoms with Crippen molar-refractivity contribution in [3.05, 3.63) is 35.7 Å². The quantitative estimate of drug-likeness (QED) is 0.926. The summed E-state index contributed by atoms with van der Waals surface area (Å²) in [4.78, 5) is 3.87. The van der Waals surface area contributed by atoms with E-state index in [-0.39, 0.29) is 5.54 Å². The van der Waals surface area contributed by atoms with E-state index < -0.39 is 0 Å². The largest absolute Gasteiger partial charge is 0.362 e. The number of nitrogens with one attached hydrogen (secondary N) is 1. The van der Waals surface area contributed by atoms with Crippen LogP contribution in [0.25, 0.3) is 0 Å². The lowest BCUT2D eigenvalue weighted by Gasteiger charge is -2.33. The van der Waals surface area contributed by atoms with Crippen molar-refractivity contribution in [1.29, 1.82) is 0 Å². The summed E-state index contributed by atoms with van der Waals surface area (Å²) in [6.45, 7) is 7.00. The first-order valence-electron chi connectivity index (χ1n) is 7.40. The van der Waals surface area contributed by atoms with Crippen LogP contribution in [0.3, 0.4) is 0 Å². The van der Waals surface area contributed by atoms with E-state index in [2.05, 4.69) is 63.7 Å². The highest BCUT2D eigenvalue weighted by Crippen LogP contribution is 2.28. The smallest absolute Gasteiger partial charge is 0.193 e. The second kappa shape index (κ2) is 5.44. The Morgan fingerprint density at radius 1 is 1.33 bits per heavy atom. The Hall–Kier alpha value is -1.95. The predicted octanol–water partition coefficient (Wildman–Crippen LogP) is 1.49. The molecule has 0 radical (unpaired) electrons. The van der Waals surface area contributed by atoms with E-state index in [0.717, 1.165) is 25.3 Å². The molecule has 0 amide bonds. The SMILES string of the molecule is CCC1(C)CN(Cc2nnn(C)n2)c2ccccc2CN1. The lowest BCUT2D eigenvalue weighted by molar-refractivity contribution is 0.348. The molecule has 0 fully saturated rings. The van der Waals surface area contributed by atoms with Crippen molar-refractivity contribution in [1.82, 2.24) is 25.5 Å². The number of tetrazole rings is 1. The number of para-hydroxylation sites is 1. The zero-order chi connectivity index (χ0) is 14.9. The fraction of sp³-hybridized carbons (Fsp3) is 0.533. The molecule has 1 aliphatic heterocycles. The average Bonchev–Trinajstić information content (AvgIpc) is 2.83. The number of hydrogen-bond acceptors (Lipinski definition) is 5.